The van der Waals surface area contributed by atoms with Crippen LogP contribution in [0, 0.1) is 12.7 Å². The third-order valence-electron chi connectivity index (χ3n) is 5.99. The van der Waals surface area contributed by atoms with Gasteiger partial charge < -0.3 is 4.90 Å². The lowest BCUT2D eigenvalue weighted by Gasteiger charge is -2.28. The molecule has 1 unspecified atom stereocenters. The summed E-state index contributed by atoms with van der Waals surface area (Å²) >= 11 is 6.22. The van der Waals surface area contributed by atoms with Gasteiger partial charge in [0.05, 0.1) is 28.5 Å². The summed E-state index contributed by atoms with van der Waals surface area (Å²) in [5.41, 5.74) is 1.56. The highest BCUT2D eigenvalue weighted by atomic mass is 35.5. The van der Waals surface area contributed by atoms with Gasteiger partial charge in [0.25, 0.3) is 5.91 Å². The molecular formula is C24H23ClFN3O5S2. The van der Waals surface area contributed by atoms with Gasteiger partial charge in [-0.1, -0.05) is 48.0 Å². The van der Waals surface area contributed by atoms with Crippen molar-refractivity contribution < 1.29 is 26.0 Å². The molecule has 0 spiro atoms. The van der Waals surface area contributed by atoms with E-state index < -0.39 is 42.6 Å². The van der Waals surface area contributed by atoms with Crippen LogP contribution in [0.3, 0.4) is 0 Å². The molecule has 0 N–H and O–H groups in total. The van der Waals surface area contributed by atoms with Gasteiger partial charge in [0, 0.05) is 12.6 Å². The molecule has 8 nitrogen and oxygen atoms in total. The highest BCUT2D eigenvalue weighted by Gasteiger charge is 2.36. The Labute approximate surface area is 214 Å². The normalized spacial score (nSPS) is 17.1. The van der Waals surface area contributed by atoms with E-state index in [2.05, 4.69) is 9.97 Å². The lowest BCUT2D eigenvalue weighted by atomic mass is 10.1. The minimum atomic E-state index is -4.02. The first kappa shape index (κ1) is 26.2. The first-order valence-corrected chi connectivity index (χ1v) is 14.9. The average molecular weight is 552 g/mol. The third-order valence-corrected chi connectivity index (χ3v) is 9.46. The van der Waals surface area contributed by atoms with Gasteiger partial charge in [-0.25, -0.2) is 31.2 Å². The van der Waals surface area contributed by atoms with Gasteiger partial charge in [0.1, 0.15) is 5.82 Å². The Morgan fingerprint density at radius 3 is 2.50 bits per heavy atom. The molecule has 3 aromatic rings. The van der Waals surface area contributed by atoms with Gasteiger partial charge in [-0.2, -0.15) is 0 Å². The van der Waals surface area contributed by atoms with E-state index in [-0.39, 0.29) is 40.9 Å². The summed E-state index contributed by atoms with van der Waals surface area (Å²) in [7, 11) is -7.38. The summed E-state index contributed by atoms with van der Waals surface area (Å²) in [5.74, 6) is -1.89. The van der Waals surface area contributed by atoms with Gasteiger partial charge in [0.15, 0.2) is 15.5 Å². The highest BCUT2D eigenvalue weighted by molar-refractivity contribution is 7.91. The molecular weight excluding hydrogens is 529 g/mol. The second-order valence-corrected chi connectivity index (χ2v) is 13.2. The van der Waals surface area contributed by atoms with Crippen molar-refractivity contribution in [1.29, 1.82) is 0 Å². The van der Waals surface area contributed by atoms with E-state index in [1.807, 2.05) is 0 Å². The van der Waals surface area contributed by atoms with Crippen LogP contribution in [0.5, 0.6) is 0 Å². The highest BCUT2D eigenvalue weighted by Crippen LogP contribution is 2.25. The molecule has 1 aromatic heterocycles. The molecule has 1 fully saturated rings. The minimum Gasteiger partial charge on any atom is -0.329 e. The largest absolute Gasteiger partial charge is 0.329 e. The molecule has 2 heterocycles. The SMILES string of the molecule is Cc1ccccc1CS(=O)(=O)c1ncc(Cl)c(C(=O)N(Cc2ccc(F)cc2)C2CCS(=O)(=O)C2)n1. The maximum Gasteiger partial charge on any atom is 0.274 e. The van der Waals surface area contributed by atoms with Crippen LogP contribution in [-0.4, -0.2) is 55.2 Å². The molecule has 0 bridgehead atoms. The van der Waals surface area contributed by atoms with Crippen molar-refractivity contribution in [1.82, 2.24) is 14.9 Å². The zero-order valence-corrected chi connectivity index (χ0v) is 21.7. The van der Waals surface area contributed by atoms with E-state index in [1.54, 1.807) is 31.2 Å². The molecule has 0 aliphatic carbocycles. The minimum absolute atomic E-state index is 0.0368. The summed E-state index contributed by atoms with van der Waals surface area (Å²) in [5, 5.41) is -0.723. The van der Waals surface area contributed by atoms with Gasteiger partial charge in [-0.3, -0.25) is 4.79 Å². The standard InChI is InChI=1S/C24H23ClFN3O5S2/c1-16-4-2-3-5-18(16)14-36(33,34)24-27-12-21(25)22(28-24)23(30)29(20-10-11-35(31,32)15-20)13-17-6-8-19(26)9-7-17/h2-9,12,20H,10-11,13-15H2,1H3. The lowest BCUT2D eigenvalue weighted by molar-refractivity contribution is 0.0674. The van der Waals surface area contributed by atoms with Crippen molar-refractivity contribution in [2.24, 2.45) is 0 Å². The average Bonchev–Trinajstić information content (AvgIpc) is 3.19. The Morgan fingerprint density at radius 2 is 1.86 bits per heavy atom. The molecule has 1 saturated heterocycles. The van der Waals surface area contributed by atoms with Gasteiger partial charge in [0.2, 0.25) is 15.0 Å². The summed E-state index contributed by atoms with van der Waals surface area (Å²) < 4.78 is 63.8. The van der Waals surface area contributed by atoms with Crippen molar-refractivity contribution in [3.8, 4) is 0 Å². The van der Waals surface area contributed by atoms with Crippen LogP contribution < -0.4 is 0 Å². The zero-order chi connectivity index (χ0) is 26.1. The molecule has 36 heavy (non-hydrogen) atoms. The number of halogens is 2. The Bertz CT molecular complexity index is 1510. The fourth-order valence-corrected chi connectivity index (χ4v) is 7.21. The second-order valence-electron chi connectivity index (χ2n) is 8.65. The molecule has 190 valence electrons. The Hall–Kier alpha value is -2.89. The molecule has 0 saturated carbocycles. The van der Waals surface area contributed by atoms with Crippen LogP contribution >= 0.6 is 11.6 Å². The molecule has 2 aromatic carbocycles. The van der Waals surface area contributed by atoms with Crippen LogP contribution in [0.2, 0.25) is 5.02 Å². The van der Waals surface area contributed by atoms with Gasteiger partial charge in [-0.05, 0) is 42.2 Å². The fraction of sp³-hybridized carbons (Fsp3) is 0.292. The van der Waals surface area contributed by atoms with Crippen LogP contribution in [0.15, 0.2) is 59.9 Å². The van der Waals surface area contributed by atoms with E-state index >= 15 is 0 Å². The Kier molecular flexibility index (Phi) is 7.44. The van der Waals surface area contributed by atoms with E-state index in [4.69, 9.17) is 11.6 Å². The van der Waals surface area contributed by atoms with Crippen molar-refractivity contribution in [3.05, 3.63) is 88.0 Å². The molecule has 4 rings (SSSR count). The number of amides is 1. The fourth-order valence-electron chi connectivity index (χ4n) is 4.00. The summed E-state index contributed by atoms with van der Waals surface area (Å²) in [6, 6.07) is 11.7. The van der Waals surface area contributed by atoms with Crippen LogP contribution in [0.1, 0.15) is 33.6 Å². The Balaban J connectivity index is 1.69. The number of hydrogen-bond donors (Lipinski definition) is 0. The number of sulfone groups is 2. The quantitative estimate of drug-likeness (QED) is 0.413. The van der Waals surface area contributed by atoms with Crippen molar-refractivity contribution in [2.75, 3.05) is 11.5 Å². The molecule has 1 amide bonds. The predicted molar refractivity (Wildman–Crippen MR) is 132 cm³/mol. The van der Waals surface area contributed by atoms with E-state index in [9.17, 15) is 26.0 Å². The van der Waals surface area contributed by atoms with Gasteiger partial charge >= 0.3 is 0 Å². The van der Waals surface area contributed by atoms with Crippen LogP contribution in [0.25, 0.3) is 0 Å². The predicted octanol–water partition coefficient (Wildman–Crippen LogP) is 3.38. The molecule has 1 aliphatic heterocycles. The van der Waals surface area contributed by atoms with Crippen molar-refractivity contribution in [3.63, 3.8) is 0 Å². The smallest absolute Gasteiger partial charge is 0.274 e. The molecule has 12 heteroatoms. The van der Waals surface area contributed by atoms with E-state index in [0.29, 0.717) is 11.1 Å². The maximum absolute atomic E-state index is 13.6. The number of rotatable bonds is 7. The van der Waals surface area contributed by atoms with Gasteiger partial charge in [-0.15, -0.1) is 0 Å². The van der Waals surface area contributed by atoms with E-state index in [0.717, 1.165) is 11.8 Å². The summed E-state index contributed by atoms with van der Waals surface area (Å²) in [6.45, 7) is 1.75. The lowest BCUT2D eigenvalue weighted by Crippen LogP contribution is -2.41. The second kappa shape index (κ2) is 10.2. The van der Waals surface area contributed by atoms with Crippen molar-refractivity contribution >= 4 is 37.2 Å². The Morgan fingerprint density at radius 1 is 1.17 bits per heavy atom. The summed E-state index contributed by atoms with van der Waals surface area (Å²) in [6.07, 6.45) is 1.25. The number of aryl methyl sites for hydroxylation is 1. The number of nitrogens with zero attached hydrogens (tertiary/aromatic N) is 3. The first-order valence-electron chi connectivity index (χ1n) is 11.0. The van der Waals surface area contributed by atoms with Crippen LogP contribution in [0.4, 0.5) is 4.39 Å². The number of carbonyl (C=O) groups is 1. The van der Waals surface area contributed by atoms with E-state index in [1.165, 1.54) is 29.2 Å². The molecule has 1 atom stereocenters. The zero-order valence-electron chi connectivity index (χ0n) is 19.3. The molecule has 0 radical (unpaired) electrons. The number of aromatic nitrogens is 2. The number of carbonyl (C=O) groups excluding carboxylic acids is 1. The van der Waals surface area contributed by atoms with Crippen molar-refractivity contribution in [2.45, 2.75) is 36.8 Å². The third kappa shape index (κ3) is 5.91. The monoisotopic (exact) mass is 551 g/mol. The topological polar surface area (TPSA) is 114 Å². The number of hydrogen-bond acceptors (Lipinski definition) is 7. The first-order chi connectivity index (χ1) is 16.9. The molecule has 1 aliphatic rings. The van der Waals surface area contributed by atoms with Crippen LogP contribution in [-0.2, 0) is 32.0 Å². The summed E-state index contributed by atoms with van der Waals surface area (Å²) in [4.78, 5) is 22.8. The number of benzene rings is 2. The maximum atomic E-state index is 13.6.